The number of piperidine rings is 1. The average Bonchev–Trinajstić information content (AvgIpc) is 2.37. The van der Waals surface area contributed by atoms with Crippen LogP contribution < -0.4 is 16.8 Å². The fraction of sp³-hybridized carbons (Fsp3) is 0.500. The predicted molar refractivity (Wildman–Crippen MR) is 78.1 cm³/mol. The third-order valence-electron chi connectivity index (χ3n) is 3.67. The van der Waals surface area contributed by atoms with Crippen LogP contribution in [0.5, 0.6) is 0 Å². The molecule has 104 valence electrons. The number of benzene rings is 1. The lowest BCUT2D eigenvalue weighted by atomic mass is 9.98. The first-order valence-corrected chi connectivity index (χ1v) is 6.68. The molecule has 0 radical (unpaired) electrons. The van der Waals surface area contributed by atoms with Gasteiger partial charge in [-0.25, -0.2) is 0 Å². The fourth-order valence-electron chi connectivity index (χ4n) is 2.63. The Morgan fingerprint density at radius 1 is 1.53 bits per heavy atom. The first kappa shape index (κ1) is 13.7. The second kappa shape index (κ2) is 5.93. The van der Waals surface area contributed by atoms with Crippen molar-refractivity contribution in [3.8, 4) is 0 Å². The highest BCUT2D eigenvalue weighted by Gasteiger charge is 2.17. The van der Waals surface area contributed by atoms with Crippen molar-refractivity contribution in [3.63, 3.8) is 0 Å². The number of para-hydroxylation sites is 1. The number of nitrogen functional groups attached to an aromatic ring is 1. The summed E-state index contributed by atoms with van der Waals surface area (Å²) in [7, 11) is 2.15. The smallest absolute Gasteiger partial charge is 0.250 e. The molecule has 1 saturated heterocycles. The monoisotopic (exact) mass is 262 g/mol. The summed E-state index contributed by atoms with van der Waals surface area (Å²) < 4.78 is 0. The van der Waals surface area contributed by atoms with Crippen LogP contribution in [0.2, 0.25) is 0 Å². The average molecular weight is 262 g/mol. The van der Waals surface area contributed by atoms with Crippen LogP contribution in [-0.2, 0) is 0 Å². The molecule has 0 aromatic heterocycles. The van der Waals surface area contributed by atoms with Crippen molar-refractivity contribution in [1.29, 1.82) is 0 Å². The van der Waals surface area contributed by atoms with Gasteiger partial charge in [-0.3, -0.25) is 4.79 Å². The summed E-state index contributed by atoms with van der Waals surface area (Å²) in [6.07, 6.45) is 2.46. The van der Waals surface area contributed by atoms with Gasteiger partial charge in [-0.15, -0.1) is 0 Å². The molecular weight excluding hydrogens is 240 g/mol. The Hall–Kier alpha value is -1.75. The van der Waals surface area contributed by atoms with Crippen molar-refractivity contribution >= 4 is 17.3 Å². The molecule has 1 amide bonds. The topological polar surface area (TPSA) is 84.4 Å². The summed E-state index contributed by atoms with van der Waals surface area (Å²) in [6, 6.07) is 5.33. The number of nitrogens with zero attached hydrogens (tertiary/aromatic N) is 1. The number of anilines is 2. The molecule has 5 heteroatoms. The fourth-order valence-corrected chi connectivity index (χ4v) is 2.63. The first-order chi connectivity index (χ1) is 9.08. The van der Waals surface area contributed by atoms with Crippen LogP contribution in [0.25, 0.3) is 0 Å². The third-order valence-corrected chi connectivity index (χ3v) is 3.67. The number of carbonyl (C=O) groups excluding carboxylic acids is 1. The molecule has 1 aromatic rings. The molecule has 1 aromatic carbocycles. The quantitative estimate of drug-likeness (QED) is 0.710. The van der Waals surface area contributed by atoms with Crippen LogP contribution >= 0.6 is 0 Å². The molecule has 1 heterocycles. The molecule has 5 N–H and O–H groups in total. The summed E-state index contributed by atoms with van der Waals surface area (Å²) >= 11 is 0. The van der Waals surface area contributed by atoms with Gasteiger partial charge in [0, 0.05) is 13.1 Å². The number of nitrogens with two attached hydrogens (primary N) is 2. The molecular formula is C14H22N4O. The van der Waals surface area contributed by atoms with E-state index in [0.29, 0.717) is 17.2 Å². The highest BCUT2D eigenvalue weighted by Crippen LogP contribution is 2.23. The van der Waals surface area contributed by atoms with Crippen LogP contribution in [-0.4, -0.2) is 37.5 Å². The molecule has 0 spiro atoms. The Bertz CT molecular complexity index is 461. The van der Waals surface area contributed by atoms with Crippen LogP contribution in [0.3, 0.4) is 0 Å². The van der Waals surface area contributed by atoms with E-state index in [-0.39, 0.29) is 0 Å². The van der Waals surface area contributed by atoms with E-state index in [1.807, 2.05) is 6.07 Å². The van der Waals surface area contributed by atoms with E-state index in [9.17, 15) is 4.79 Å². The van der Waals surface area contributed by atoms with Gasteiger partial charge in [0.15, 0.2) is 0 Å². The van der Waals surface area contributed by atoms with Gasteiger partial charge in [0.25, 0.3) is 5.91 Å². The van der Waals surface area contributed by atoms with Crippen molar-refractivity contribution in [2.45, 2.75) is 12.8 Å². The van der Waals surface area contributed by atoms with Crippen molar-refractivity contribution in [1.82, 2.24) is 4.90 Å². The SMILES string of the molecule is CN1CCCC(CNc2cccc(C(N)=O)c2N)C1. The van der Waals surface area contributed by atoms with Gasteiger partial charge in [-0.05, 0) is 44.5 Å². The molecule has 0 bridgehead atoms. The predicted octanol–water partition coefficient (Wildman–Crippen LogP) is 1.12. The van der Waals surface area contributed by atoms with E-state index < -0.39 is 5.91 Å². The molecule has 0 aliphatic carbocycles. The Morgan fingerprint density at radius 3 is 3.00 bits per heavy atom. The molecule has 1 atom stereocenters. The van der Waals surface area contributed by atoms with Gasteiger partial charge in [0.2, 0.25) is 0 Å². The molecule has 1 aliphatic heterocycles. The first-order valence-electron chi connectivity index (χ1n) is 6.68. The van der Waals surface area contributed by atoms with Gasteiger partial charge < -0.3 is 21.7 Å². The highest BCUT2D eigenvalue weighted by molar-refractivity contribution is 6.00. The number of primary amides is 1. The van der Waals surface area contributed by atoms with E-state index >= 15 is 0 Å². The molecule has 2 rings (SSSR count). The minimum atomic E-state index is -0.487. The van der Waals surface area contributed by atoms with Gasteiger partial charge >= 0.3 is 0 Å². The summed E-state index contributed by atoms with van der Waals surface area (Å²) in [5.74, 6) is 0.133. The number of nitrogens with one attached hydrogen (secondary N) is 1. The van der Waals surface area contributed by atoms with E-state index in [0.717, 1.165) is 18.8 Å². The van der Waals surface area contributed by atoms with Crippen LogP contribution in [0, 0.1) is 5.92 Å². The van der Waals surface area contributed by atoms with Crippen LogP contribution in [0.1, 0.15) is 23.2 Å². The Labute approximate surface area is 113 Å². The molecule has 0 saturated carbocycles. The van der Waals surface area contributed by atoms with Gasteiger partial charge in [0.1, 0.15) is 0 Å². The van der Waals surface area contributed by atoms with E-state index in [1.54, 1.807) is 12.1 Å². The van der Waals surface area contributed by atoms with Gasteiger partial charge in [-0.2, -0.15) is 0 Å². The Morgan fingerprint density at radius 2 is 2.32 bits per heavy atom. The number of carbonyl (C=O) groups is 1. The number of rotatable bonds is 4. The minimum absolute atomic E-state index is 0.380. The maximum atomic E-state index is 11.2. The molecule has 1 unspecified atom stereocenters. The highest BCUT2D eigenvalue weighted by atomic mass is 16.1. The Balaban J connectivity index is 1.99. The molecule has 1 fully saturated rings. The summed E-state index contributed by atoms with van der Waals surface area (Å²) in [5.41, 5.74) is 12.9. The normalized spacial score (nSPS) is 20.2. The largest absolute Gasteiger partial charge is 0.396 e. The summed E-state index contributed by atoms with van der Waals surface area (Å²) in [6.45, 7) is 3.15. The zero-order valence-corrected chi connectivity index (χ0v) is 11.4. The van der Waals surface area contributed by atoms with Crippen LogP contribution in [0.15, 0.2) is 18.2 Å². The molecule has 5 nitrogen and oxygen atoms in total. The molecule has 1 aliphatic rings. The van der Waals surface area contributed by atoms with Crippen LogP contribution in [0.4, 0.5) is 11.4 Å². The second-order valence-corrected chi connectivity index (χ2v) is 5.28. The molecule has 19 heavy (non-hydrogen) atoms. The number of hydrogen-bond donors (Lipinski definition) is 3. The lowest BCUT2D eigenvalue weighted by Gasteiger charge is -2.30. The number of hydrogen-bond acceptors (Lipinski definition) is 4. The van der Waals surface area contributed by atoms with Gasteiger partial charge in [-0.1, -0.05) is 6.07 Å². The minimum Gasteiger partial charge on any atom is -0.396 e. The van der Waals surface area contributed by atoms with Crippen molar-refractivity contribution in [3.05, 3.63) is 23.8 Å². The maximum absolute atomic E-state index is 11.2. The lowest BCUT2D eigenvalue weighted by molar-refractivity contribution is 0.100. The van der Waals surface area contributed by atoms with Gasteiger partial charge in [0.05, 0.1) is 16.9 Å². The summed E-state index contributed by atoms with van der Waals surface area (Å²) in [4.78, 5) is 13.6. The zero-order chi connectivity index (χ0) is 13.8. The number of amides is 1. The van der Waals surface area contributed by atoms with E-state index in [1.165, 1.54) is 19.4 Å². The van der Waals surface area contributed by atoms with Crippen molar-refractivity contribution in [2.24, 2.45) is 11.7 Å². The zero-order valence-electron chi connectivity index (χ0n) is 11.4. The Kier molecular flexibility index (Phi) is 4.27. The number of likely N-dealkylation sites (tertiary alicyclic amines) is 1. The third kappa shape index (κ3) is 3.38. The van der Waals surface area contributed by atoms with Crippen molar-refractivity contribution in [2.75, 3.05) is 37.7 Å². The second-order valence-electron chi connectivity index (χ2n) is 5.28. The summed E-state index contributed by atoms with van der Waals surface area (Å²) in [5, 5.41) is 3.34. The standard InChI is InChI=1S/C14H22N4O/c1-18-7-3-4-10(9-18)8-17-12-6-2-5-11(13(12)15)14(16)19/h2,5-6,10,17H,3-4,7-9,15H2,1H3,(H2,16,19). The van der Waals surface area contributed by atoms with E-state index in [2.05, 4.69) is 17.3 Å². The van der Waals surface area contributed by atoms with Crippen molar-refractivity contribution < 1.29 is 4.79 Å². The van der Waals surface area contributed by atoms with E-state index in [4.69, 9.17) is 11.5 Å². The maximum Gasteiger partial charge on any atom is 0.250 e. The lowest BCUT2D eigenvalue weighted by Crippen LogP contribution is -2.35.